The molecule has 0 N–H and O–H groups in total. The van der Waals surface area contributed by atoms with Crippen LogP contribution < -0.4 is 0 Å². The van der Waals surface area contributed by atoms with Crippen LogP contribution in [0.3, 0.4) is 0 Å². The van der Waals surface area contributed by atoms with Crippen LogP contribution in [0.1, 0.15) is 44.6 Å². The average Bonchev–Trinajstić information content (AvgIpc) is 2.38. The predicted molar refractivity (Wildman–Crippen MR) is 74.2 cm³/mol. The van der Waals surface area contributed by atoms with Crippen molar-refractivity contribution in [3.63, 3.8) is 0 Å². The maximum absolute atomic E-state index is 11.9. The molecule has 0 radical (unpaired) electrons. The van der Waals surface area contributed by atoms with Gasteiger partial charge in [0, 0.05) is 5.75 Å². The Hall–Kier alpha value is -0.760. The monoisotopic (exact) mass is 248 g/mol. The molecule has 1 aliphatic carbocycles. The van der Waals surface area contributed by atoms with E-state index in [1.54, 1.807) is 6.92 Å². The van der Waals surface area contributed by atoms with Gasteiger partial charge in [-0.1, -0.05) is 49.6 Å². The van der Waals surface area contributed by atoms with Crippen LogP contribution >= 0.6 is 11.8 Å². The summed E-state index contributed by atoms with van der Waals surface area (Å²) in [5.74, 6) is 1.33. The highest BCUT2D eigenvalue weighted by atomic mass is 32.2. The smallest absolute Gasteiger partial charge is 0.145 e. The number of carbonyl (C=O) groups excluding carboxylic acids is 1. The van der Waals surface area contributed by atoms with Gasteiger partial charge in [-0.2, -0.15) is 0 Å². The first-order valence-corrected chi connectivity index (χ1v) is 7.40. The SMILES string of the molecule is CC(=O)C1(SCc2ccccc2)CCCCC1. The Morgan fingerprint density at radius 1 is 1.18 bits per heavy atom. The molecule has 0 aliphatic heterocycles. The van der Waals surface area contributed by atoms with Crippen LogP contribution in [0.15, 0.2) is 30.3 Å². The van der Waals surface area contributed by atoms with Crippen LogP contribution in [-0.2, 0) is 10.5 Å². The van der Waals surface area contributed by atoms with Gasteiger partial charge < -0.3 is 0 Å². The highest BCUT2D eigenvalue weighted by Gasteiger charge is 2.36. The Bertz CT molecular complexity index is 366. The maximum atomic E-state index is 11.9. The average molecular weight is 248 g/mol. The molecular formula is C15H20OS. The zero-order valence-corrected chi connectivity index (χ0v) is 11.3. The summed E-state index contributed by atoms with van der Waals surface area (Å²) in [6.45, 7) is 1.77. The third-order valence-corrected chi connectivity index (χ3v) is 5.39. The molecule has 1 aromatic carbocycles. The highest BCUT2D eigenvalue weighted by Crippen LogP contribution is 2.42. The quantitative estimate of drug-likeness (QED) is 0.794. The number of hydrogen-bond donors (Lipinski definition) is 0. The minimum absolute atomic E-state index is 0.0892. The molecule has 0 atom stereocenters. The minimum atomic E-state index is -0.0892. The molecule has 0 heterocycles. The molecule has 2 heteroatoms. The lowest BCUT2D eigenvalue weighted by molar-refractivity contribution is -0.120. The van der Waals surface area contributed by atoms with Crippen LogP contribution in [0, 0.1) is 0 Å². The van der Waals surface area contributed by atoms with Crippen molar-refractivity contribution in [2.45, 2.75) is 49.5 Å². The van der Waals surface area contributed by atoms with E-state index in [9.17, 15) is 4.79 Å². The van der Waals surface area contributed by atoms with Gasteiger partial charge in [0.2, 0.25) is 0 Å². The van der Waals surface area contributed by atoms with Gasteiger partial charge in [-0.25, -0.2) is 0 Å². The van der Waals surface area contributed by atoms with Crippen molar-refractivity contribution in [3.05, 3.63) is 35.9 Å². The second-order valence-corrected chi connectivity index (χ2v) is 6.24. The van der Waals surface area contributed by atoms with Crippen molar-refractivity contribution in [1.29, 1.82) is 0 Å². The molecule has 1 nitrogen and oxygen atoms in total. The van der Waals surface area contributed by atoms with Crippen molar-refractivity contribution >= 4 is 17.5 Å². The molecule has 2 rings (SSSR count). The summed E-state index contributed by atoms with van der Waals surface area (Å²) in [4.78, 5) is 11.9. The zero-order valence-electron chi connectivity index (χ0n) is 10.4. The lowest BCUT2D eigenvalue weighted by Crippen LogP contribution is -2.35. The number of rotatable bonds is 4. The highest BCUT2D eigenvalue weighted by molar-refractivity contribution is 8.00. The van der Waals surface area contributed by atoms with Gasteiger partial charge >= 0.3 is 0 Å². The number of ketones is 1. The molecular weight excluding hydrogens is 228 g/mol. The molecule has 0 amide bonds. The standard InChI is InChI=1S/C15H20OS/c1-13(16)15(10-6-3-7-11-15)17-12-14-8-4-2-5-9-14/h2,4-5,8-9H,3,6-7,10-12H2,1H3. The molecule has 0 saturated heterocycles. The first kappa shape index (κ1) is 12.7. The normalized spacial score (nSPS) is 18.9. The van der Waals surface area contributed by atoms with Crippen molar-refractivity contribution in [3.8, 4) is 0 Å². The van der Waals surface area contributed by atoms with Gasteiger partial charge in [-0.3, -0.25) is 4.79 Å². The first-order chi connectivity index (χ1) is 8.23. The van der Waals surface area contributed by atoms with Crippen molar-refractivity contribution in [2.24, 2.45) is 0 Å². The molecule has 1 aromatic rings. The molecule has 1 aliphatic rings. The van der Waals surface area contributed by atoms with E-state index in [0.717, 1.165) is 18.6 Å². The number of Topliss-reactive ketones (excluding diaryl/α,β-unsaturated/α-hetero) is 1. The van der Waals surface area contributed by atoms with Crippen molar-refractivity contribution in [1.82, 2.24) is 0 Å². The molecule has 92 valence electrons. The van der Waals surface area contributed by atoms with E-state index in [0.29, 0.717) is 5.78 Å². The Morgan fingerprint density at radius 2 is 1.82 bits per heavy atom. The van der Waals surface area contributed by atoms with Gasteiger partial charge in [-0.15, -0.1) is 11.8 Å². The summed E-state index contributed by atoms with van der Waals surface area (Å²) in [5.41, 5.74) is 1.32. The number of carbonyl (C=O) groups is 1. The summed E-state index contributed by atoms with van der Waals surface area (Å²) in [5, 5.41) is 0. The second-order valence-electron chi connectivity index (χ2n) is 4.89. The molecule has 0 aromatic heterocycles. The van der Waals surface area contributed by atoms with Gasteiger partial charge in [-0.05, 0) is 25.3 Å². The van der Waals surface area contributed by atoms with Crippen LogP contribution in [0.25, 0.3) is 0 Å². The van der Waals surface area contributed by atoms with E-state index in [2.05, 4.69) is 24.3 Å². The fraction of sp³-hybridized carbons (Fsp3) is 0.533. The Labute approximate surface area is 108 Å². The van der Waals surface area contributed by atoms with E-state index in [4.69, 9.17) is 0 Å². The minimum Gasteiger partial charge on any atom is -0.298 e. The van der Waals surface area contributed by atoms with Crippen LogP contribution in [0.5, 0.6) is 0 Å². The second kappa shape index (κ2) is 5.72. The fourth-order valence-corrected chi connectivity index (χ4v) is 3.93. The topological polar surface area (TPSA) is 17.1 Å². The van der Waals surface area contributed by atoms with Gasteiger partial charge in [0.25, 0.3) is 0 Å². The van der Waals surface area contributed by atoms with E-state index in [1.807, 2.05) is 17.8 Å². The zero-order chi connectivity index (χ0) is 12.1. The van der Waals surface area contributed by atoms with Gasteiger partial charge in [0.15, 0.2) is 0 Å². The fourth-order valence-electron chi connectivity index (χ4n) is 2.52. The lowest BCUT2D eigenvalue weighted by atomic mass is 9.86. The summed E-state index contributed by atoms with van der Waals surface area (Å²) in [7, 11) is 0. The molecule has 17 heavy (non-hydrogen) atoms. The van der Waals surface area contributed by atoms with E-state index in [-0.39, 0.29) is 4.75 Å². The molecule has 1 saturated carbocycles. The molecule has 0 bridgehead atoms. The molecule has 0 unspecified atom stereocenters. The van der Waals surface area contributed by atoms with E-state index in [1.165, 1.54) is 24.8 Å². The summed E-state index contributed by atoms with van der Waals surface area (Å²) in [6.07, 6.45) is 5.85. The third-order valence-electron chi connectivity index (χ3n) is 3.66. The predicted octanol–water partition coefficient (Wildman–Crippen LogP) is 4.21. The number of hydrogen-bond acceptors (Lipinski definition) is 2. The summed E-state index contributed by atoms with van der Waals surface area (Å²) < 4.78 is -0.0892. The lowest BCUT2D eigenvalue weighted by Gasteiger charge is -2.34. The third kappa shape index (κ3) is 3.12. The van der Waals surface area contributed by atoms with Crippen molar-refractivity contribution < 1.29 is 4.79 Å². The Balaban J connectivity index is 2.01. The van der Waals surface area contributed by atoms with Crippen molar-refractivity contribution in [2.75, 3.05) is 0 Å². The van der Waals surface area contributed by atoms with E-state index < -0.39 is 0 Å². The molecule has 1 fully saturated rings. The Morgan fingerprint density at radius 3 is 2.41 bits per heavy atom. The van der Waals surface area contributed by atoms with Crippen LogP contribution in [0.2, 0.25) is 0 Å². The van der Waals surface area contributed by atoms with Crippen LogP contribution in [0.4, 0.5) is 0 Å². The van der Waals surface area contributed by atoms with Crippen LogP contribution in [-0.4, -0.2) is 10.5 Å². The van der Waals surface area contributed by atoms with E-state index >= 15 is 0 Å². The maximum Gasteiger partial charge on any atom is 0.145 e. The largest absolute Gasteiger partial charge is 0.298 e. The van der Waals surface area contributed by atoms with Gasteiger partial charge in [0.1, 0.15) is 5.78 Å². The Kier molecular flexibility index (Phi) is 4.27. The van der Waals surface area contributed by atoms with Gasteiger partial charge in [0.05, 0.1) is 4.75 Å². The first-order valence-electron chi connectivity index (χ1n) is 6.42. The number of thioether (sulfide) groups is 1. The molecule has 0 spiro atoms. The number of benzene rings is 1. The summed E-state index contributed by atoms with van der Waals surface area (Å²) >= 11 is 1.86. The summed E-state index contributed by atoms with van der Waals surface area (Å²) in [6, 6.07) is 10.5.